The Morgan fingerprint density at radius 1 is 1.15 bits per heavy atom. The Labute approximate surface area is 118 Å². The molecule has 3 saturated carbocycles. The third kappa shape index (κ3) is 1.40. The van der Waals surface area contributed by atoms with Crippen molar-refractivity contribution in [3.63, 3.8) is 0 Å². The summed E-state index contributed by atoms with van der Waals surface area (Å²) in [6.45, 7) is 0. The molecule has 4 atom stereocenters. The number of imidazole rings is 1. The summed E-state index contributed by atoms with van der Waals surface area (Å²) in [5.74, 6) is 3.18. The fraction of sp³-hybridized carbons (Fsp3) is 0.625. The molecule has 2 heterocycles. The molecule has 0 aromatic carbocycles. The lowest BCUT2D eigenvalue weighted by molar-refractivity contribution is 0.347. The summed E-state index contributed by atoms with van der Waals surface area (Å²) in [5, 5.41) is 0. The van der Waals surface area contributed by atoms with Crippen molar-refractivity contribution in [2.75, 3.05) is 0 Å². The number of nitrogens with zero attached hydrogens (tertiary/aromatic N) is 3. The van der Waals surface area contributed by atoms with Gasteiger partial charge in [0.2, 0.25) is 0 Å². The second-order valence-corrected chi connectivity index (χ2v) is 6.85. The Morgan fingerprint density at radius 3 is 2.75 bits per heavy atom. The lowest BCUT2D eigenvalue weighted by atomic mass is 9.84. The highest BCUT2D eigenvalue weighted by molar-refractivity contribution is 5.71. The summed E-state index contributed by atoms with van der Waals surface area (Å²) in [5.41, 5.74) is 8.65. The van der Waals surface area contributed by atoms with Gasteiger partial charge in [-0.25, -0.2) is 9.97 Å². The van der Waals surface area contributed by atoms with Gasteiger partial charge < -0.3 is 10.3 Å². The summed E-state index contributed by atoms with van der Waals surface area (Å²) in [4.78, 5) is 9.53. The molecule has 3 aliphatic carbocycles. The summed E-state index contributed by atoms with van der Waals surface area (Å²) >= 11 is 0. The minimum absolute atomic E-state index is 0.308. The summed E-state index contributed by atoms with van der Waals surface area (Å²) in [7, 11) is 0. The van der Waals surface area contributed by atoms with Crippen LogP contribution in [0.3, 0.4) is 0 Å². The molecule has 0 aliphatic heterocycles. The van der Waals surface area contributed by atoms with Gasteiger partial charge in [0, 0.05) is 24.2 Å². The van der Waals surface area contributed by atoms with E-state index in [1.54, 1.807) is 0 Å². The van der Waals surface area contributed by atoms with Crippen LogP contribution < -0.4 is 5.73 Å². The van der Waals surface area contributed by atoms with Crippen molar-refractivity contribution in [2.24, 2.45) is 17.6 Å². The minimum atomic E-state index is 0.308. The van der Waals surface area contributed by atoms with Crippen LogP contribution in [0.1, 0.15) is 49.9 Å². The Balaban J connectivity index is 1.70. The molecule has 4 heteroatoms. The van der Waals surface area contributed by atoms with Gasteiger partial charge in [-0.05, 0) is 56.1 Å². The van der Waals surface area contributed by atoms with E-state index in [-0.39, 0.29) is 0 Å². The average molecular weight is 268 g/mol. The average Bonchev–Trinajstić information content (AvgIpc) is 2.96. The van der Waals surface area contributed by atoms with Gasteiger partial charge in [-0.2, -0.15) is 0 Å². The molecule has 3 aliphatic rings. The number of fused-ring (bicyclic) bond motifs is 3. The minimum Gasteiger partial charge on any atom is -0.327 e. The van der Waals surface area contributed by atoms with Gasteiger partial charge in [-0.3, -0.25) is 0 Å². The number of aromatic nitrogens is 3. The normalized spacial score (nSPS) is 36.0. The molecular weight excluding hydrogens is 248 g/mol. The molecule has 4 nitrogen and oxygen atoms in total. The first-order valence-electron chi connectivity index (χ1n) is 7.91. The van der Waals surface area contributed by atoms with E-state index < -0.39 is 0 Å². The zero-order chi connectivity index (χ0) is 13.3. The molecule has 2 N–H and O–H groups in total. The predicted octanol–water partition coefficient (Wildman–Crippen LogP) is 2.61. The van der Waals surface area contributed by atoms with Gasteiger partial charge in [-0.1, -0.05) is 0 Å². The van der Waals surface area contributed by atoms with E-state index >= 15 is 0 Å². The lowest BCUT2D eigenvalue weighted by Gasteiger charge is -2.28. The van der Waals surface area contributed by atoms with Crippen LogP contribution in [-0.2, 0) is 0 Å². The number of rotatable bonds is 2. The Hall–Kier alpha value is -1.42. The van der Waals surface area contributed by atoms with Crippen molar-refractivity contribution < 1.29 is 0 Å². The third-order valence-corrected chi connectivity index (χ3v) is 5.67. The van der Waals surface area contributed by atoms with Crippen molar-refractivity contribution in [3.05, 3.63) is 24.2 Å². The van der Waals surface area contributed by atoms with E-state index in [1.165, 1.54) is 37.9 Å². The highest BCUT2D eigenvalue weighted by atomic mass is 15.2. The third-order valence-electron chi connectivity index (χ3n) is 5.67. The Morgan fingerprint density at radius 2 is 2.00 bits per heavy atom. The van der Waals surface area contributed by atoms with Crippen LogP contribution in [0.2, 0.25) is 0 Å². The van der Waals surface area contributed by atoms with Gasteiger partial charge in [0.05, 0.1) is 0 Å². The summed E-state index contributed by atoms with van der Waals surface area (Å²) < 4.78 is 2.42. The molecule has 104 valence electrons. The van der Waals surface area contributed by atoms with Crippen LogP contribution in [0, 0.1) is 11.8 Å². The van der Waals surface area contributed by atoms with Crippen molar-refractivity contribution in [1.82, 2.24) is 14.5 Å². The highest BCUT2D eigenvalue weighted by Crippen LogP contribution is 2.53. The summed E-state index contributed by atoms with van der Waals surface area (Å²) in [6.07, 6.45) is 8.39. The first kappa shape index (κ1) is 11.3. The van der Waals surface area contributed by atoms with Crippen LogP contribution in [0.5, 0.6) is 0 Å². The summed E-state index contributed by atoms with van der Waals surface area (Å²) in [6, 6.07) is 5.00. The molecule has 2 bridgehead atoms. The van der Waals surface area contributed by atoms with E-state index in [1.807, 2.05) is 12.3 Å². The van der Waals surface area contributed by atoms with Crippen LogP contribution in [-0.4, -0.2) is 20.6 Å². The van der Waals surface area contributed by atoms with Crippen molar-refractivity contribution >= 4 is 11.2 Å². The van der Waals surface area contributed by atoms with E-state index in [0.29, 0.717) is 18.0 Å². The number of pyridine rings is 1. The van der Waals surface area contributed by atoms with Crippen LogP contribution in [0.4, 0.5) is 0 Å². The van der Waals surface area contributed by atoms with E-state index in [2.05, 4.69) is 15.6 Å². The second kappa shape index (κ2) is 3.82. The largest absolute Gasteiger partial charge is 0.327 e. The number of hydrogen-bond donors (Lipinski definition) is 1. The van der Waals surface area contributed by atoms with Crippen molar-refractivity contribution in [2.45, 2.75) is 50.1 Å². The lowest BCUT2D eigenvalue weighted by Crippen LogP contribution is -2.35. The molecule has 3 fully saturated rings. The predicted molar refractivity (Wildman–Crippen MR) is 77.3 cm³/mol. The van der Waals surface area contributed by atoms with E-state index in [9.17, 15) is 0 Å². The van der Waals surface area contributed by atoms with Crippen LogP contribution >= 0.6 is 0 Å². The highest BCUT2D eigenvalue weighted by Gasteiger charge is 2.49. The Bertz CT molecular complexity index is 670. The fourth-order valence-electron chi connectivity index (χ4n) is 4.59. The van der Waals surface area contributed by atoms with Gasteiger partial charge in [0.15, 0.2) is 5.65 Å². The van der Waals surface area contributed by atoms with Crippen LogP contribution in [0.25, 0.3) is 11.2 Å². The number of hydrogen-bond acceptors (Lipinski definition) is 3. The van der Waals surface area contributed by atoms with Crippen molar-refractivity contribution in [1.29, 1.82) is 0 Å². The van der Waals surface area contributed by atoms with Gasteiger partial charge in [0.25, 0.3) is 0 Å². The smallest absolute Gasteiger partial charge is 0.160 e. The Kier molecular flexibility index (Phi) is 2.15. The molecule has 0 radical (unpaired) electrons. The van der Waals surface area contributed by atoms with Gasteiger partial charge in [-0.15, -0.1) is 0 Å². The number of nitrogens with two attached hydrogens (primary N) is 1. The zero-order valence-electron chi connectivity index (χ0n) is 11.6. The molecule has 5 rings (SSSR count). The van der Waals surface area contributed by atoms with Crippen LogP contribution in [0.15, 0.2) is 18.3 Å². The molecular formula is C16H20N4. The van der Waals surface area contributed by atoms with E-state index in [4.69, 9.17) is 10.7 Å². The van der Waals surface area contributed by atoms with Crippen molar-refractivity contribution in [3.8, 4) is 0 Å². The van der Waals surface area contributed by atoms with Gasteiger partial charge >= 0.3 is 0 Å². The maximum absolute atomic E-state index is 6.53. The maximum atomic E-state index is 6.53. The molecule has 0 amide bonds. The fourth-order valence-corrected chi connectivity index (χ4v) is 4.59. The molecule has 4 unspecified atom stereocenters. The van der Waals surface area contributed by atoms with E-state index in [0.717, 1.165) is 23.0 Å². The van der Waals surface area contributed by atoms with Gasteiger partial charge in [0.1, 0.15) is 11.3 Å². The molecule has 20 heavy (non-hydrogen) atoms. The molecule has 2 aromatic heterocycles. The monoisotopic (exact) mass is 268 g/mol. The quantitative estimate of drug-likeness (QED) is 0.911. The maximum Gasteiger partial charge on any atom is 0.160 e. The zero-order valence-corrected chi connectivity index (χ0v) is 11.6. The SMILES string of the molecule is NC1C2CCC(C2)C1c1nc2cccnc2n1C1CC1. The molecule has 0 spiro atoms. The standard InChI is InChI=1S/C16H20N4/c17-14-10-4-3-9(8-10)13(14)16-19-12-2-1-7-18-15(12)20(16)11-5-6-11/h1-2,7,9-11,13-14H,3-6,8,17H2. The first-order chi connectivity index (χ1) is 9.83. The second-order valence-electron chi connectivity index (χ2n) is 6.85. The first-order valence-corrected chi connectivity index (χ1v) is 7.91. The topological polar surface area (TPSA) is 56.7 Å². The molecule has 2 aromatic rings. The molecule has 0 saturated heterocycles.